The maximum Gasteiger partial charge on any atom is 0.251 e. The second kappa shape index (κ2) is 10.2. The molecule has 35 heavy (non-hydrogen) atoms. The van der Waals surface area contributed by atoms with E-state index in [-0.39, 0.29) is 12.5 Å². The highest BCUT2D eigenvalue weighted by molar-refractivity contribution is 9.10. The van der Waals surface area contributed by atoms with Crippen LogP contribution in [0.4, 0.5) is 8.78 Å². The molecule has 1 N–H and O–H groups in total. The number of rotatable bonds is 5. The molecule has 0 bridgehead atoms. The maximum absolute atomic E-state index is 12.2. The van der Waals surface area contributed by atoms with Gasteiger partial charge in [0.1, 0.15) is 17.1 Å². The Balaban J connectivity index is 0.000000364. The van der Waals surface area contributed by atoms with Crippen molar-refractivity contribution < 1.29 is 23.4 Å². The molecule has 8 heteroatoms. The quantitative estimate of drug-likeness (QED) is 0.443. The second-order valence-corrected chi connectivity index (χ2v) is 9.99. The number of aliphatic hydroxyl groups is 1. The number of halogens is 3. The standard InChI is InChI=1S/C23H20BrNO3.C4H9F2N/c1-27-19-13-25-14-20-21(19)22(26)12-11-18(15-5-3-2-4-6-15)23(22,28-20)16-7-9-17(24)10-8-16;1-7(2)3-4(5)6/h2-10,13-14,18,26H,11-12H2,1H3;4H,3H2,1-2H3. The van der Waals surface area contributed by atoms with E-state index in [9.17, 15) is 13.9 Å². The molecule has 3 aromatic rings. The first-order chi connectivity index (χ1) is 16.7. The highest BCUT2D eigenvalue weighted by Gasteiger charge is 2.69. The zero-order valence-electron chi connectivity index (χ0n) is 19.9. The van der Waals surface area contributed by atoms with Crippen molar-refractivity contribution in [1.29, 1.82) is 0 Å². The molecule has 3 unspecified atom stereocenters. The number of nitrogens with zero attached hydrogens (tertiary/aromatic N) is 2. The topological polar surface area (TPSA) is 54.8 Å². The van der Waals surface area contributed by atoms with Gasteiger partial charge in [-0.2, -0.15) is 0 Å². The average molecular weight is 547 g/mol. The lowest BCUT2D eigenvalue weighted by atomic mass is 9.72. The van der Waals surface area contributed by atoms with Crippen LogP contribution in [0, 0.1) is 0 Å². The summed E-state index contributed by atoms with van der Waals surface area (Å²) in [6, 6.07) is 18.3. The SMILES string of the molecule is CN(C)CC(F)F.COc1cncc2c1C1(O)CCC(c3ccccc3)C1(c1ccc(Br)cc1)O2. The van der Waals surface area contributed by atoms with E-state index < -0.39 is 17.6 Å². The zero-order chi connectivity index (χ0) is 25.2. The van der Waals surface area contributed by atoms with E-state index in [1.54, 1.807) is 33.6 Å². The van der Waals surface area contributed by atoms with Crippen molar-refractivity contribution >= 4 is 15.9 Å². The van der Waals surface area contributed by atoms with Gasteiger partial charge in [0.2, 0.25) is 0 Å². The van der Waals surface area contributed by atoms with E-state index >= 15 is 0 Å². The van der Waals surface area contributed by atoms with Crippen molar-refractivity contribution in [3.63, 3.8) is 0 Å². The van der Waals surface area contributed by atoms with Crippen molar-refractivity contribution in [3.8, 4) is 11.5 Å². The molecule has 3 atom stereocenters. The zero-order valence-corrected chi connectivity index (χ0v) is 21.5. The number of methoxy groups -OCH3 is 1. The van der Waals surface area contributed by atoms with Gasteiger partial charge in [0.15, 0.2) is 5.60 Å². The number of pyridine rings is 1. The number of alkyl halides is 2. The molecule has 0 amide bonds. The van der Waals surface area contributed by atoms with E-state index in [2.05, 4.69) is 33.0 Å². The molecule has 0 radical (unpaired) electrons. The number of ether oxygens (including phenoxy) is 2. The summed E-state index contributed by atoms with van der Waals surface area (Å²) in [5, 5.41) is 12.2. The largest absolute Gasteiger partial charge is 0.495 e. The molecule has 186 valence electrons. The van der Waals surface area contributed by atoms with Crippen LogP contribution in [0.3, 0.4) is 0 Å². The Bertz CT molecular complexity index is 1140. The Hall–Kier alpha value is -2.55. The fourth-order valence-electron chi connectivity index (χ4n) is 5.29. The molecule has 0 spiro atoms. The third-order valence-corrected chi connectivity index (χ3v) is 7.19. The number of hydrogen-bond acceptors (Lipinski definition) is 5. The first-order valence-electron chi connectivity index (χ1n) is 11.4. The lowest BCUT2D eigenvalue weighted by Gasteiger charge is -2.40. The summed E-state index contributed by atoms with van der Waals surface area (Å²) < 4.78 is 35.7. The lowest BCUT2D eigenvalue weighted by Crippen LogP contribution is -2.48. The van der Waals surface area contributed by atoms with Crippen LogP contribution in [0.15, 0.2) is 71.5 Å². The first-order valence-corrected chi connectivity index (χ1v) is 12.2. The van der Waals surface area contributed by atoms with Crippen LogP contribution < -0.4 is 9.47 Å². The van der Waals surface area contributed by atoms with Gasteiger partial charge in [-0.3, -0.25) is 4.98 Å². The van der Waals surface area contributed by atoms with Crippen LogP contribution in [0.1, 0.15) is 35.4 Å². The molecule has 1 fully saturated rings. The molecule has 1 aromatic heterocycles. The van der Waals surface area contributed by atoms with Gasteiger partial charge in [0, 0.05) is 10.4 Å². The summed E-state index contributed by atoms with van der Waals surface area (Å²) in [4.78, 5) is 5.70. The van der Waals surface area contributed by atoms with Gasteiger partial charge in [0.25, 0.3) is 6.43 Å². The van der Waals surface area contributed by atoms with E-state index in [4.69, 9.17) is 9.47 Å². The third kappa shape index (κ3) is 4.55. The smallest absolute Gasteiger partial charge is 0.251 e. The van der Waals surface area contributed by atoms with E-state index in [0.717, 1.165) is 22.0 Å². The van der Waals surface area contributed by atoms with Crippen molar-refractivity contribution in [3.05, 3.63) is 88.2 Å². The van der Waals surface area contributed by atoms with Gasteiger partial charge in [-0.15, -0.1) is 0 Å². The van der Waals surface area contributed by atoms with Crippen molar-refractivity contribution in [2.75, 3.05) is 27.7 Å². The Morgan fingerprint density at radius 2 is 1.83 bits per heavy atom. The average Bonchev–Trinajstić information content (AvgIpc) is 3.26. The Labute approximate surface area is 212 Å². The van der Waals surface area contributed by atoms with Gasteiger partial charge in [-0.1, -0.05) is 58.4 Å². The molecule has 5 nitrogen and oxygen atoms in total. The number of hydrogen-bond donors (Lipinski definition) is 1. The summed E-state index contributed by atoms with van der Waals surface area (Å²) >= 11 is 3.52. The van der Waals surface area contributed by atoms with Gasteiger partial charge >= 0.3 is 0 Å². The molecule has 2 aliphatic rings. The molecule has 5 rings (SSSR count). The van der Waals surface area contributed by atoms with Crippen LogP contribution in [-0.2, 0) is 11.2 Å². The van der Waals surface area contributed by atoms with Crippen LogP contribution in [-0.4, -0.2) is 49.2 Å². The minimum atomic E-state index is -2.20. The molecule has 0 saturated heterocycles. The lowest BCUT2D eigenvalue weighted by molar-refractivity contribution is -0.106. The molecule has 1 saturated carbocycles. The van der Waals surface area contributed by atoms with Crippen LogP contribution >= 0.6 is 15.9 Å². The number of fused-ring (bicyclic) bond motifs is 3. The van der Waals surface area contributed by atoms with Crippen molar-refractivity contribution in [2.45, 2.75) is 36.4 Å². The van der Waals surface area contributed by atoms with Gasteiger partial charge in [-0.25, -0.2) is 8.78 Å². The Kier molecular flexibility index (Phi) is 7.45. The number of benzene rings is 2. The molecular formula is C27H29BrF2N2O3. The maximum atomic E-state index is 12.2. The minimum absolute atomic E-state index is 0.00279. The highest BCUT2D eigenvalue weighted by Crippen LogP contribution is 2.67. The van der Waals surface area contributed by atoms with E-state index in [1.807, 2.05) is 42.5 Å². The van der Waals surface area contributed by atoms with Crippen molar-refractivity contribution in [1.82, 2.24) is 9.88 Å². The van der Waals surface area contributed by atoms with Gasteiger partial charge < -0.3 is 19.5 Å². The summed E-state index contributed by atoms with van der Waals surface area (Å²) in [6.45, 7) is -0.139. The Morgan fingerprint density at radius 3 is 2.40 bits per heavy atom. The normalized spacial score (nSPS) is 24.4. The monoisotopic (exact) mass is 546 g/mol. The third-order valence-electron chi connectivity index (χ3n) is 6.66. The fraction of sp³-hybridized carbons (Fsp3) is 0.370. The molecule has 2 aromatic carbocycles. The summed E-state index contributed by atoms with van der Waals surface area (Å²) in [5.41, 5.74) is 0.661. The van der Waals surface area contributed by atoms with Crippen LogP contribution in [0.25, 0.3) is 0 Å². The molecule has 1 aliphatic carbocycles. The second-order valence-electron chi connectivity index (χ2n) is 9.08. The van der Waals surface area contributed by atoms with Gasteiger partial charge in [0.05, 0.1) is 31.6 Å². The summed E-state index contributed by atoms with van der Waals surface area (Å²) in [6.07, 6.45) is 2.51. The molecule has 1 aliphatic heterocycles. The van der Waals surface area contributed by atoms with Crippen LogP contribution in [0.2, 0.25) is 0 Å². The predicted molar refractivity (Wildman–Crippen MR) is 134 cm³/mol. The highest BCUT2D eigenvalue weighted by atomic mass is 79.9. The number of aromatic nitrogens is 1. The summed E-state index contributed by atoms with van der Waals surface area (Å²) in [5.74, 6) is 1.15. The van der Waals surface area contributed by atoms with E-state index in [0.29, 0.717) is 23.5 Å². The predicted octanol–water partition coefficient (Wildman–Crippen LogP) is 5.72. The van der Waals surface area contributed by atoms with Crippen molar-refractivity contribution in [2.24, 2.45) is 0 Å². The minimum Gasteiger partial charge on any atom is -0.495 e. The molecular weight excluding hydrogens is 518 g/mol. The Morgan fingerprint density at radius 1 is 1.14 bits per heavy atom. The first kappa shape index (κ1) is 25.5. The molecule has 2 heterocycles. The van der Waals surface area contributed by atoms with Crippen LogP contribution in [0.5, 0.6) is 11.5 Å². The van der Waals surface area contributed by atoms with E-state index in [1.165, 1.54) is 4.90 Å². The van der Waals surface area contributed by atoms with Gasteiger partial charge in [-0.05, 0) is 50.2 Å². The summed E-state index contributed by atoms with van der Waals surface area (Å²) in [7, 11) is 4.84. The fourth-order valence-corrected chi connectivity index (χ4v) is 5.56.